The van der Waals surface area contributed by atoms with Crippen molar-refractivity contribution < 1.29 is 14.6 Å². The van der Waals surface area contributed by atoms with E-state index in [1.807, 2.05) is 13.8 Å². The summed E-state index contributed by atoms with van der Waals surface area (Å²) in [7, 11) is 0. The van der Waals surface area contributed by atoms with Crippen LogP contribution in [0.25, 0.3) is 0 Å². The molecule has 1 saturated heterocycles. The zero-order valence-electron chi connectivity index (χ0n) is 6.46. The lowest BCUT2D eigenvalue weighted by atomic mass is 10.0. The van der Waals surface area contributed by atoms with Gasteiger partial charge in [0.2, 0.25) is 0 Å². The quantitative estimate of drug-likeness (QED) is 0.617. The van der Waals surface area contributed by atoms with E-state index in [9.17, 15) is 0 Å². The van der Waals surface area contributed by atoms with Crippen LogP contribution in [-0.2, 0) is 9.47 Å². The molecule has 1 heterocycles. The lowest BCUT2D eigenvalue weighted by Crippen LogP contribution is -2.35. The Bertz CT molecular complexity index is 109. The first-order chi connectivity index (χ1) is 4.72. The fourth-order valence-electron chi connectivity index (χ4n) is 1.07. The van der Waals surface area contributed by atoms with Crippen LogP contribution in [0.5, 0.6) is 0 Å². The minimum Gasteiger partial charge on any atom is -0.393 e. The van der Waals surface area contributed by atoms with Gasteiger partial charge < -0.3 is 14.6 Å². The summed E-state index contributed by atoms with van der Waals surface area (Å²) < 4.78 is 10.5. The fourth-order valence-corrected chi connectivity index (χ4v) is 1.07. The molecule has 10 heavy (non-hydrogen) atoms. The molecule has 1 rings (SSSR count). The Hall–Kier alpha value is -0.120. The monoisotopic (exact) mass is 146 g/mol. The standard InChI is InChI=1S/C7H14O3/c1-3-7(4-8)5-9-6(2)10-7/h6,8H,3-5H2,1-2H3. The molecule has 1 fully saturated rings. The van der Waals surface area contributed by atoms with E-state index in [1.54, 1.807) is 0 Å². The van der Waals surface area contributed by atoms with Gasteiger partial charge in [0.05, 0.1) is 13.2 Å². The second-order valence-corrected chi connectivity index (χ2v) is 2.69. The molecular formula is C7H14O3. The molecule has 0 bridgehead atoms. The van der Waals surface area contributed by atoms with Crippen LogP contribution in [0, 0.1) is 0 Å². The van der Waals surface area contributed by atoms with Gasteiger partial charge >= 0.3 is 0 Å². The Balaban J connectivity index is 2.51. The minimum absolute atomic E-state index is 0.0494. The van der Waals surface area contributed by atoms with Crippen LogP contribution in [0.4, 0.5) is 0 Å². The molecule has 0 radical (unpaired) electrons. The van der Waals surface area contributed by atoms with E-state index < -0.39 is 5.60 Å². The van der Waals surface area contributed by atoms with E-state index in [-0.39, 0.29) is 12.9 Å². The van der Waals surface area contributed by atoms with Crippen LogP contribution in [-0.4, -0.2) is 30.2 Å². The number of ether oxygens (including phenoxy) is 2. The van der Waals surface area contributed by atoms with Crippen molar-refractivity contribution in [3.05, 3.63) is 0 Å². The summed E-state index contributed by atoms with van der Waals surface area (Å²) in [6, 6.07) is 0. The van der Waals surface area contributed by atoms with Crippen LogP contribution < -0.4 is 0 Å². The van der Waals surface area contributed by atoms with E-state index in [2.05, 4.69) is 0 Å². The molecular weight excluding hydrogens is 132 g/mol. The summed E-state index contributed by atoms with van der Waals surface area (Å²) in [5.41, 5.74) is -0.417. The lowest BCUT2D eigenvalue weighted by Gasteiger charge is -2.21. The van der Waals surface area contributed by atoms with E-state index in [0.717, 1.165) is 6.42 Å². The van der Waals surface area contributed by atoms with Crippen LogP contribution in [0.3, 0.4) is 0 Å². The van der Waals surface area contributed by atoms with E-state index in [1.165, 1.54) is 0 Å². The highest BCUT2D eigenvalue weighted by molar-refractivity contribution is 4.81. The average molecular weight is 146 g/mol. The molecule has 3 nitrogen and oxygen atoms in total. The number of aliphatic hydroxyl groups is 1. The molecule has 0 aromatic heterocycles. The maximum Gasteiger partial charge on any atom is 0.155 e. The van der Waals surface area contributed by atoms with Crippen molar-refractivity contribution in [2.45, 2.75) is 32.2 Å². The summed E-state index contributed by atoms with van der Waals surface area (Å²) in [5, 5.41) is 8.93. The highest BCUT2D eigenvalue weighted by Gasteiger charge is 2.37. The van der Waals surface area contributed by atoms with Crippen molar-refractivity contribution in [3.8, 4) is 0 Å². The first kappa shape index (κ1) is 7.98. The highest BCUT2D eigenvalue weighted by atomic mass is 16.7. The second-order valence-electron chi connectivity index (χ2n) is 2.69. The summed E-state index contributed by atoms with van der Waals surface area (Å²) in [4.78, 5) is 0. The molecule has 1 aliphatic heterocycles. The minimum atomic E-state index is -0.417. The van der Waals surface area contributed by atoms with Crippen molar-refractivity contribution >= 4 is 0 Å². The average Bonchev–Trinajstić information content (AvgIpc) is 2.33. The molecule has 2 atom stereocenters. The molecule has 0 aromatic rings. The molecule has 0 amide bonds. The fraction of sp³-hybridized carbons (Fsp3) is 1.00. The molecule has 0 aromatic carbocycles. The smallest absolute Gasteiger partial charge is 0.155 e. The third-order valence-corrected chi connectivity index (χ3v) is 1.93. The predicted molar refractivity (Wildman–Crippen MR) is 36.6 cm³/mol. The zero-order chi connectivity index (χ0) is 7.61. The van der Waals surface area contributed by atoms with Gasteiger partial charge in [-0.3, -0.25) is 0 Å². The van der Waals surface area contributed by atoms with Crippen LogP contribution >= 0.6 is 0 Å². The van der Waals surface area contributed by atoms with Crippen molar-refractivity contribution in [3.63, 3.8) is 0 Å². The van der Waals surface area contributed by atoms with Gasteiger partial charge in [0, 0.05) is 0 Å². The number of hydrogen-bond acceptors (Lipinski definition) is 3. The third kappa shape index (κ3) is 1.31. The number of aliphatic hydroxyl groups excluding tert-OH is 1. The SMILES string of the molecule is CCC1(CO)COC(C)O1. The van der Waals surface area contributed by atoms with Gasteiger partial charge in [0.25, 0.3) is 0 Å². The van der Waals surface area contributed by atoms with Crippen molar-refractivity contribution in [2.75, 3.05) is 13.2 Å². The Labute approximate surface area is 60.9 Å². The van der Waals surface area contributed by atoms with Crippen molar-refractivity contribution in [1.82, 2.24) is 0 Å². The van der Waals surface area contributed by atoms with Crippen LogP contribution in [0.1, 0.15) is 20.3 Å². The van der Waals surface area contributed by atoms with Crippen LogP contribution in [0.15, 0.2) is 0 Å². The second kappa shape index (κ2) is 2.86. The number of hydrogen-bond donors (Lipinski definition) is 1. The van der Waals surface area contributed by atoms with Crippen molar-refractivity contribution in [1.29, 1.82) is 0 Å². The molecule has 0 aliphatic carbocycles. The first-order valence-corrected chi connectivity index (χ1v) is 3.63. The maximum absolute atomic E-state index is 8.93. The summed E-state index contributed by atoms with van der Waals surface area (Å²) in [6.07, 6.45) is 0.639. The number of rotatable bonds is 2. The highest BCUT2D eigenvalue weighted by Crippen LogP contribution is 2.25. The Morgan fingerprint density at radius 3 is 2.60 bits per heavy atom. The van der Waals surface area contributed by atoms with Gasteiger partial charge in [-0.2, -0.15) is 0 Å². The van der Waals surface area contributed by atoms with Gasteiger partial charge in [-0.05, 0) is 13.3 Å². The van der Waals surface area contributed by atoms with Gasteiger partial charge in [0.1, 0.15) is 5.60 Å². The Kier molecular flexibility index (Phi) is 2.28. The topological polar surface area (TPSA) is 38.7 Å². The van der Waals surface area contributed by atoms with Crippen LogP contribution in [0.2, 0.25) is 0 Å². The largest absolute Gasteiger partial charge is 0.393 e. The van der Waals surface area contributed by atoms with Gasteiger partial charge in [-0.1, -0.05) is 6.92 Å². The van der Waals surface area contributed by atoms with E-state index >= 15 is 0 Å². The normalized spacial score (nSPS) is 40.5. The Morgan fingerprint density at radius 1 is 1.70 bits per heavy atom. The summed E-state index contributed by atoms with van der Waals surface area (Å²) >= 11 is 0. The van der Waals surface area contributed by atoms with Gasteiger partial charge in [-0.25, -0.2) is 0 Å². The Morgan fingerprint density at radius 2 is 2.40 bits per heavy atom. The first-order valence-electron chi connectivity index (χ1n) is 3.63. The maximum atomic E-state index is 8.93. The predicted octanol–water partition coefficient (Wildman–Crippen LogP) is 0.520. The molecule has 2 unspecified atom stereocenters. The molecule has 1 aliphatic rings. The van der Waals surface area contributed by atoms with E-state index in [0.29, 0.717) is 6.61 Å². The lowest BCUT2D eigenvalue weighted by molar-refractivity contribution is -0.0947. The van der Waals surface area contributed by atoms with Crippen molar-refractivity contribution in [2.24, 2.45) is 0 Å². The molecule has 60 valence electrons. The molecule has 0 saturated carbocycles. The zero-order valence-corrected chi connectivity index (χ0v) is 6.46. The van der Waals surface area contributed by atoms with Gasteiger partial charge in [-0.15, -0.1) is 0 Å². The molecule has 1 N–H and O–H groups in total. The molecule has 0 spiro atoms. The third-order valence-electron chi connectivity index (χ3n) is 1.93. The molecule has 3 heteroatoms. The summed E-state index contributed by atoms with van der Waals surface area (Å²) in [6.45, 7) is 4.39. The summed E-state index contributed by atoms with van der Waals surface area (Å²) in [5.74, 6) is 0. The van der Waals surface area contributed by atoms with Gasteiger partial charge in [0.15, 0.2) is 6.29 Å². The van der Waals surface area contributed by atoms with E-state index in [4.69, 9.17) is 14.6 Å².